The van der Waals surface area contributed by atoms with E-state index in [2.05, 4.69) is 10.1 Å². The van der Waals surface area contributed by atoms with Crippen molar-refractivity contribution < 1.29 is 32.6 Å². The van der Waals surface area contributed by atoms with Crippen LogP contribution in [-0.2, 0) is 9.53 Å². The quantitative estimate of drug-likeness (QED) is 0.754. The Kier molecular flexibility index (Phi) is 7.96. The van der Waals surface area contributed by atoms with Gasteiger partial charge in [0.1, 0.15) is 11.4 Å². The minimum atomic E-state index is -3.03. The van der Waals surface area contributed by atoms with E-state index in [-0.39, 0.29) is 43.3 Å². The Morgan fingerprint density at radius 2 is 1.67 bits per heavy atom. The normalized spacial score (nSPS) is 14.5. The van der Waals surface area contributed by atoms with Crippen molar-refractivity contribution in [2.75, 3.05) is 32.7 Å². The molecule has 1 aromatic carbocycles. The van der Waals surface area contributed by atoms with Gasteiger partial charge in [0.05, 0.1) is 5.56 Å². The Morgan fingerprint density at radius 3 is 2.27 bits per heavy atom. The molecule has 0 atom stereocenters. The molecule has 0 radical (unpaired) electrons. The van der Waals surface area contributed by atoms with Crippen LogP contribution in [0.5, 0.6) is 5.75 Å². The number of carbonyl (C=O) groups is 3. The van der Waals surface area contributed by atoms with Gasteiger partial charge in [-0.15, -0.1) is 0 Å². The summed E-state index contributed by atoms with van der Waals surface area (Å²) in [7, 11) is 0. The maximum Gasteiger partial charge on any atom is 0.407 e. The standard InChI is InChI=1S/C20H27F2N3O5/c1-20(2,3)30-19(28)23-9-8-16(26)24-10-12-25(13-11-24)17(27)14-6-4-5-7-15(14)29-18(21)22/h4-7,18H,8-13H2,1-3H3,(H,23,28). The summed E-state index contributed by atoms with van der Waals surface area (Å²) in [6, 6.07) is 5.83. The third-order valence-electron chi connectivity index (χ3n) is 4.26. The lowest BCUT2D eigenvalue weighted by Crippen LogP contribution is -2.51. The van der Waals surface area contributed by atoms with Crippen LogP contribution in [0.25, 0.3) is 0 Å². The molecule has 2 rings (SSSR count). The summed E-state index contributed by atoms with van der Waals surface area (Å²) in [6.45, 7) is 3.53. The van der Waals surface area contributed by atoms with Gasteiger partial charge in [-0.3, -0.25) is 9.59 Å². The summed E-state index contributed by atoms with van der Waals surface area (Å²) in [5.41, 5.74) is -0.560. The molecule has 30 heavy (non-hydrogen) atoms. The number of hydrogen-bond donors (Lipinski definition) is 1. The first-order valence-electron chi connectivity index (χ1n) is 9.64. The van der Waals surface area contributed by atoms with Crippen molar-refractivity contribution in [1.82, 2.24) is 15.1 Å². The molecule has 1 aromatic rings. The number of hydrogen-bond acceptors (Lipinski definition) is 5. The number of ether oxygens (including phenoxy) is 2. The second kappa shape index (κ2) is 10.2. The summed E-state index contributed by atoms with van der Waals surface area (Å²) in [6.07, 6.45) is -0.478. The number of rotatable bonds is 6. The molecule has 166 valence electrons. The molecule has 10 heteroatoms. The Hall–Kier alpha value is -2.91. The van der Waals surface area contributed by atoms with Crippen molar-refractivity contribution in [2.24, 2.45) is 0 Å². The largest absolute Gasteiger partial charge is 0.444 e. The Labute approximate surface area is 174 Å². The van der Waals surface area contributed by atoms with Gasteiger partial charge < -0.3 is 24.6 Å². The second-order valence-electron chi connectivity index (χ2n) is 7.73. The lowest BCUT2D eigenvalue weighted by molar-refractivity contribution is -0.132. The van der Waals surface area contributed by atoms with Crippen LogP contribution in [0.4, 0.5) is 13.6 Å². The highest BCUT2D eigenvalue weighted by atomic mass is 19.3. The molecular weight excluding hydrogens is 400 g/mol. The minimum absolute atomic E-state index is 0.0548. The number of alkyl halides is 2. The van der Waals surface area contributed by atoms with Crippen molar-refractivity contribution in [3.8, 4) is 5.75 Å². The van der Waals surface area contributed by atoms with Crippen LogP contribution in [-0.4, -0.2) is 72.6 Å². The van der Waals surface area contributed by atoms with Gasteiger partial charge in [-0.05, 0) is 32.9 Å². The lowest BCUT2D eigenvalue weighted by Gasteiger charge is -2.35. The zero-order chi connectivity index (χ0) is 22.3. The SMILES string of the molecule is CC(C)(C)OC(=O)NCCC(=O)N1CCN(C(=O)c2ccccc2OC(F)F)CC1. The average Bonchev–Trinajstić information content (AvgIpc) is 2.66. The summed E-state index contributed by atoms with van der Waals surface area (Å²) >= 11 is 0. The van der Waals surface area contributed by atoms with Crippen LogP contribution in [0.1, 0.15) is 37.6 Å². The number of alkyl carbamates (subject to hydrolysis) is 1. The smallest absolute Gasteiger partial charge is 0.407 e. The van der Waals surface area contributed by atoms with E-state index >= 15 is 0 Å². The van der Waals surface area contributed by atoms with Crippen molar-refractivity contribution in [3.63, 3.8) is 0 Å². The summed E-state index contributed by atoms with van der Waals surface area (Å²) in [5.74, 6) is -0.756. The molecule has 0 spiro atoms. The third kappa shape index (κ3) is 7.16. The monoisotopic (exact) mass is 427 g/mol. The topological polar surface area (TPSA) is 88.2 Å². The van der Waals surface area contributed by atoms with Crippen molar-refractivity contribution >= 4 is 17.9 Å². The molecular formula is C20H27F2N3O5. The van der Waals surface area contributed by atoms with E-state index in [1.165, 1.54) is 23.1 Å². The number of nitrogens with one attached hydrogen (secondary N) is 1. The highest BCUT2D eigenvalue weighted by Crippen LogP contribution is 2.22. The number of carbonyl (C=O) groups excluding carboxylic acids is 3. The van der Waals surface area contributed by atoms with Crippen LogP contribution in [0.3, 0.4) is 0 Å². The molecule has 0 aromatic heterocycles. The van der Waals surface area contributed by atoms with Crippen LogP contribution in [0.2, 0.25) is 0 Å². The summed E-state index contributed by atoms with van der Waals surface area (Å²) in [4.78, 5) is 39.7. The number of piperazine rings is 1. The molecule has 1 heterocycles. The molecule has 0 unspecified atom stereocenters. The average molecular weight is 427 g/mol. The van der Waals surface area contributed by atoms with Gasteiger partial charge in [0.2, 0.25) is 5.91 Å². The molecule has 3 amide bonds. The molecule has 1 saturated heterocycles. The van der Waals surface area contributed by atoms with Gasteiger partial charge in [-0.25, -0.2) is 4.79 Å². The molecule has 1 N–H and O–H groups in total. The summed E-state index contributed by atoms with van der Waals surface area (Å²) in [5, 5.41) is 2.53. The maximum absolute atomic E-state index is 12.7. The maximum atomic E-state index is 12.7. The van der Waals surface area contributed by atoms with E-state index < -0.39 is 24.2 Å². The van der Waals surface area contributed by atoms with E-state index in [1.807, 2.05) is 0 Å². The van der Waals surface area contributed by atoms with E-state index in [1.54, 1.807) is 31.7 Å². The third-order valence-corrected chi connectivity index (χ3v) is 4.26. The zero-order valence-corrected chi connectivity index (χ0v) is 17.3. The highest BCUT2D eigenvalue weighted by Gasteiger charge is 2.27. The van der Waals surface area contributed by atoms with Gasteiger partial charge in [-0.2, -0.15) is 8.78 Å². The number of halogens is 2. The van der Waals surface area contributed by atoms with Gasteiger partial charge in [0.15, 0.2) is 0 Å². The number of amides is 3. The molecule has 1 aliphatic heterocycles. The van der Waals surface area contributed by atoms with Crippen LogP contribution >= 0.6 is 0 Å². The van der Waals surface area contributed by atoms with E-state index in [0.717, 1.165) is 0 Å². The molecule has 0 aliphatic carbocycles. The van der Waals surface area contributed by atoms with Gasteiger partial charge in [0.25, 0.3) is 5.91 Å². The predicted octanol–water partition coefficient (Wildman–Crippen LogP) is 2.49. The van der Waals surface area contributed by atoms with Crippen molar-refractivity contribution in [2.45, 2.75) is 39.4 Å². The fraction of sp³-hybridized carbons (Fsp3) is 0.550. The zero-order valence-electron chi connectivity index (χ0n) is 17.3. The van der Waals surface area contributed by atoms with Crippen molar-refractivity contribution in [3.05, 3.63) is 29.8 Å². The van der Waals surface area contributed by atoms with E-state index in [9.17, 15) is 23.2 Å². The lowest BCUT2D eigenvalue weighted by atomic mass is 10.1. The summed E-state index contributed by atoms with van der Waals surface area (Å²) < 4.78 is 34.6. The Morgan fingerprint density at radius 1 is 1.07 bits per heavy atom. The molecule has 8 nitrogen and oxygen atoms in total. The first kappa shape index (κ1) is 23.4. The van der Waals surface area contributed by atoms with Crippen molar-refractivity contribution in [1.29, 1.82) is 0 Å². The fourth-order valence-corrected chi connectivity index (χ4v) is 2.92. The van der Waals surface area contributed by atoms with Gasteiger partial charge in [-0.1, -0.05) is 12.1 Å². The molecule has 0 saturated carbocycles. The van der Waals surface area contributed by atoms with Crippen LogP contribution in [0.15, 0.2) is 24.3 Å². The van der Waals surface area contributed by atoms with E-state index in [0.29, 0.717) is 13.1 Å². The van der Waals surface area contributed by atoms with E-state index in [4.69, 9.17) is 4.74 Å². The van der Waals surface area contributed by atoms with Crippen LogP contribution in [0, 0.1) is 0 Å². The molecule has 0 bridgehead atoms. The number of nitrogens with zero attached hydrogens (tertiary/aromatic N) is 2. The minimum Gasteiger partial charge on any atom is -0.444 e. The highest BCUT2D eigenvalue weighted by molar-refractivity contribution is 5.97. The predicted molar refractivity (Wildman–Crippen MR) is 104 cm³/mol. The van der Waals surface area contributed by atoms with Gasteiger partial charge in [0, 0.05) is 39.1 Å². The molecule has 1 aliphatic rings. The first-order chi connectivity index (χ1) is 14.1. The number of benzene rings is 1. The Bertz CT molecular complexity index is 759. The molecule has 1 fully saturated rings. The van der Waals surface area contributed by atoms with Gasteiger partial charge >= 0.3 is 12.7 Å². The fourth-order valence-electron chi connectivity index (χ4n) is 2.92. The second-order valence-corrected chi connectivity index (χ2v) is 7.73. The Balaban J connectivity index is 1.81. The van der Waals surface area contributed by atoms with Crippen LogP contribution < -0.4 is 10.1 Å². The first-order valence-corrected chi connectivity index (χ1v) is 9.64. The number of para-hydroxylation sites is 1.